The third kappa shape index (κ3) is 4.09. The summed E-state index contributed by atoms with van der Waals surface area (Å²) in [6.45, 7) is 1.88. The molecule has 0 aliphatic rings. The molecule has 0 aliphatic heterocycles. The highest BCUT2D eigenvalue weighted by molar-refractivity contribution is 7.91. The Bertz CT molecular complexity index is 1090. The van der Waals surface area contributed by atoms with Gasteiger partial charge in [0.25, 0.3) is 0 Å². The maximum absolute atomic E-state index is 12.9. The summed E-state index contributed by atoms with van der Waals surface area (Å²) in [5.41, 5.74) is 7.42. The summed E-state index contributed by atoms with van der Waals surface area (Å²) in [7, 11) is -2.40. The molecule has 0 bridgehead atoms. The molecular weight excluding hydrogens is 390 g/mol. The molecule has 8 nitrogen and oxygen atoms in total. The quantitative estimate of drug-likeness (QED) is 0.621. The number of hydrogen-bond acceptors (Lipinski definition) is 8. The van der Waals surface area contributed by atoms with E-state index in [1.807, 2.05) is 6.92 Å². The van der Waals surface area contributed by atoms with E-state index < -0.39 is 9.84 Å². The van der Waals surface area contributed by atoms with Crippen LogP contribution < -0.4 is 15.8 Å². The zero-order valence-electron chi connectivity index (χ0n) is 14.5. The van der Waals surface area contributed by atoms with E-state index >= 15 is 0 Å². The fourth-order valence-corrected chi connectivity index (χ4v) is 3.86. The van der Waals surface area contributed by atoms with Crippen molar-refractivity contribution in [2.24, 2.45) is 0 Å². The van der Waals surface area contributed by atoms with Gasteiger partial charge in [-0.15, -0.1) is 0 Å². The second-order valence-electron chi connectivity index (χ2n) is 5.61. The second kappa shape index (κ2) is 7.37. The van der Waals surface area contributed by atoms with Crippen molar-refractivity contribution >= 4 is 38.8 Å². The zero-order chi connectivity index (χ0) is 19.6. The van der Waals surface area contributed by atoms with Gasteiger partial charge < -0.3 is 15.8 Å². The first-order chi connectivity index (χ1) is 12.8. The van der Waals surface area contributed by atoms with Crippen LogP contribution in [0.15, 0.2) is 52.3 Å². The predicted octanol–water partition coefficient (Wildman–Crippen LogP) is 3.00. The zero-order valence-corrected chi connectivity index (χ0v) is 16.0. The molecule has 0 amide bonds. The van der Waals surface area contributed by atoms with E-state index in [-0.39, 0.29) is 32.7 Å². The minimum atomic E-state index is -3.79. The van der Waals surface area contributed by atoms with Crippen molar-refractivity contribution in [2.45, 2.75) is 16.7 Å². The van der Waals surface area contributed by atoms with Gasteiger partial charge in [-0.1, -0.05) is 17.7 Å². The number of sulfone groups is 1. The Balaban J connectivity index is 1.99. The number of ether oxygens (including phenoxy) is 1. The fourth-order valence-electron chi connectivity index (χ4n) is 2.30. The van der Waals surface area contributed by atoms with E-state index in [4.69, 9.17) is 22.1 Å². The summed E-state index contributed by atoms with van der Waals surface area (Å²) in [4.78, 5) is 11.8. The number of nitrogens with one attached hydrogen (secondary N) is 1. The van der Waals surface area contributed by atoms with Gasteiger partial charge in [0.15, 0.2) is 0 Å². The lowest BCUT2D eigenvalue weighted by Gasteiger charge is -2.11. The van der Waals surface area contributed by atoms with E-state index in [0.717, 1.165) is 5.56 Å². The second-order valence-corrected chi connectivity index (χ2v) is 7.87. The van der Waals surface area contributed by atoms with Gasteiger partial charge in [-0.25, -0.2) is 8.42 Å². The molecule has 0 radical (unpaired) electrons. The van der Waals surface area contributed by atoms with Gasteiger partial charge in [0.2, 0.25) is 21.1 Å². The number of benzene rings is 2. The molecule has 3 aromatic rings. The Hall–Kier alpha value is -2.91. The Morgan fingerprint density at radius 3 is 2.44 bits per heavy atom. The molecule has 3 rings (SSSR count). The van der Waals surface area contributed by atoms with Gasteiger partial charge in [-0.3, -0.25) is 0 Å². The van der Waals surface area contributed by atoms with Crippen molar-refractivity contribution in [3.63, 3.8) is 0 Å². The first-order valence-corrected chi connectivity index (χ1v) is 9.59. The van der Waals surface area contributed by atoms with Crippen LogP contribution in [0.25, 0.3) is 0 Å². The summed E-state index contributed by atoms with van der Waals surface area (Å²) in [6, 6.07) is 11.1. The van der Waals surface area contributed by atoms with E-state index in [1.54, 1.807) is 30.3 Å². The Kier molecular flexibility index (Phi) is 5.15. The number of nitrogens with zero attached hydrogens (tertiary/aromatic N) is 3. The molecule has 1 heterocycles. The molecule has 0 aliphatic carbocycles. The topological polar surface area (TPSA) is 120 Å². The van der Waals surface area contributed by atoms with E-state index in [2.05, 4.69) is 20.3 Å². The normalized spacial score (nSPS) is 11.2. The van der Waals surface area contributed by atoms with Gasteiger partial charge in [0.1, 0.15) is 0 Å². The number of aromatic nitrogens is 3. The van der Waals surface area contributed by atoms with Crippen LogP contribution in [0.2, 0.25) is 5.28 Å². The maximum Gasteiger partial charge on any atom is 0.322 e. The van der Waals surface area contributed by atoms with Gasteiger partial charge in [0, 0.05) is 5.69 Å². The van der Waals surface area contributed by atoms with Crippen molar-refractivity contribution < 1.29 is 13.2 Å². The number of halogens is 1. The molecule has 27 heavy (non-hydrogen) atoms. The average molecular weight is 406 g/mol. The van der Waals surface area contributed by atoms with Crippen LogP contribution in [0.3, 0.4) is 0 Å². The third-order valence-electron chi connectivity index (χ3n) is 3.66. The van der Waals surface area contributed by atoms with Crippen LogP contribution in [0.5, 0.6) is 6.01 Å². The first-order valence-electron chi connectivity index (χ1n) is 7.73. The summed E-state index contributed by atoms with van der Waals surface area (Å²) in [5.74, 6) is 0.107. The number of methoxy groups -OCH3 is 1. The number of hydrogen-bond donors (Lipinski definition) is 2. The largest absolute Gasteiger partial charge is 0.467 e. The van der Waals surface area contributed by atoms with Crippen molar-refractivity contribution in [1.82, 2.24) is 15.0 Å². The van der Waals surface area contributed by atoms with Crippen LogP contribution in [0.1, 0.15) is 5.56 Å². The lowest BCUT2D eigenvalue weighted by Crippen LogP contribution is -2.07. The highest BCUT2D eigenvalue weighted by atomic mass is 35.5. The minimum Gasteiger partial charge on any atom is -0.467 e. The van der Waals surface area contributed by atoms with Crippen molar-refractivity contribution in [1.29, 1.82) is 0 Å². The molecular formula is C17H16ClN5O3S. The Morgan fingerprint density at radius 1 is 1.07 bits per heavy atom. The van der Waals surface area contributed by atoms with Gasteiger partial charge in [-0.2, -0.15) is 15.0 Å². The molecule has 0 saturated carbocycles. The molecule has 10 heteroatoms. The summed E-state index contributed by atoms with van der Waals surface area (Å²) in [6.07, 6.45) is 0. The predicted molar refractivity (Wildman–Crippen MR) is 102 cm³/mol. The van der Waals surface area contributed by atoms with Crippen LogP contribution in [-0.2, 0) is 9.84 Å². The highest BCUT2D eigenvalue weighted by Gasteiger charge is 2.21. The van der Waals surface area contributed by atoms with E-state index in [9.17, 15) is 8.42 Å². The molecule has 140 valence electrons. The van der Waals surface area contributed by atoms with Gasteiger partial charge in [-0.05, 0) is 48.9 Å². The maximum atomic E-state index is 12.9. The number of nitrogens with two attached hydrogens (primary N) is 1. The first kappa shape index (κ1) is 18.9. The van der Waals surface area contributed by atoms with E-state index in [0.29, 0.717) is 5.69 Å². The summed E-state index contributed by atoms with van der Waals surface area (Å²) >= 11 is 5.82. The monoisotopic (exact) mass is 405 g/mol. The fraction of sp³-hybridized carbons (Fsp3) is 0.118. The molecule has 0 spiro atoms. The molecule has 2 aromatic carbocycles. The summed E-state index contributed by atoms with van der Waals surface area (Å²) in [5, 5.41) is 2.81. The highest BCUT2D eigenvalue weighted by Crippen LogP contribution is 2.29. The molecule has 0 fully saturated rings. The summed E-state index contributed by atoms with van der Waals surface area (Å²) < 4.78 is 30.8. The van der Waals surface area contributed by atoms with Gasteiger partial charge >= 0.3 is 6.01 Å². The van der Waals surface area contributed by atoms with Crippen LogP contribution in [0.4, 0.5) is 17.3 Å². The SMILES string of the molecule is COc1nc(Cl)nc(Nc2ccc(N)c(S(=O)(=O)c3ccc(C)cc3)c2)n1. The molecule has 0 atom stereocenters. The third-order valence-corrected chi connectivity index (χ3v) is 5.66. The standard InChI is InChI=1S/C17H16ClN5O3S/c1-10-3-6-12(7-4-10)27(24,25)14-9-11(5-8-13(14)19)20-16-21-15(18)22-17(23-16)26-2/h3-9H,19H2,1-2H3,(H,20,21,22,23). The molecule has 0 saturated heterocycles. The van der Waals surface area contributed by atoms with Crippen molar-refractivity contribution in [2.75, 3.05) is 18.2 Å². The number of anilines is 3. The van der Waals surface area contributed by atoms with Crippen LogP contribution >= 0.6 is 11.6 Å². The average Bonchev–Trinajstić information content (AvgIpc) is 2.63. The smallest absolute Gasteiger partial charge is 0.322 e. The van der Waals surface area contributed by atoms with Crippen LogP contribution in [-0.4, -0.2) is 30.5 Å². The minimum absolute atomic E-state index is 0.0246. The van der Waals surface area contributed by atoms with Gasteiger partial charge in [0.05, 0.1) is 22.6 Å². The van der Waals surface area contributed by atoms with Crippen molar-refractivity contribution in [3.8, 4) is 6.01 Å². The molecule has 1 aromatic heterocycles. The lowest BCUT2D eigenvalue weighted by atomic mass is 10.2. The van der Waals surface area contributed by atoms with Crippen LogP contribution in [0, 0.1) is 6.92 Å². The molecule has 3 N–H and O–H groups in total. The Morgan fingerprint density at radius 2 is 1.78 bits per heavy atom. The van der Waals surface area contributed by atoms with Crippen molar-refractivity contribution in [3.05, 3.63) is 53.3 Å². The number of rotatable bonds is 5. The lowest BCUT2D eigenvalue weighted by molar-refractivity contribution is 0.379. The Labute approximate surface area is 161 Å². The number of nitrogen functional groups attached to an aromatic ring is 1. The number of aryl methyl sites for hydroxylation is 1. The van der Waals surface area contributed by atoms with E-state index in [1.165, 1.54) is 19.2 Å². The molecule has 0 unspecified atom stereocenters.